The lowest BCUT2D eigenvalue weighted by Crippen LogP contribution is -2.27. The van der Waals surface area contributed by atoms with Gasteiger partial charge in [-0.1, -0.05) is 24.3 Å². The van der Waals surface area contributed by atoms with Gasteiger partial charge in [-0.25, -0.2) is 0 Å². The summed E-state index contributed by atoms with van der Waals surface area (Å²) in [5, 5.41) is -0.237. The van der Waals surface area contributed by atoms with Crippen LogP contribution in [0.3, 0.4) is 0 Å². The highest BCUT2D eigenvalue weighted by Crippen LogP contribution is 2.33. The molecule has 0 aliphatic carbocycles. The van der Waals surface area contributed by atoms with Gasteiger partial charge in [0.25, 0.3) is 11.1 Å². The van der Waals surface area contributed by atoms with Gasteiger partial charge in [0.1, 0.15) is 5.75 Å². The van der Waals surface area contributed by atoms with Crippen LogP contribution in [-0.2, 0) is 11.3 Å². The molecule has 2 aromatic carbocycles. The van der Waals surface area contributed by atoms with E-state index in [1.807, 2.05) is 62.4 Å². The second-order valence-electron chi connectivity index (χ2n) is 6.13. The van der Waals surface area contributed by atoms with Crippen LogP contribution in [0.4, 0.5) is 4.79 Å². The van der Waals surface area contributed by atoms with Crippen LogP contribution in [0.1, 0.15) is 25.0 Å². The SMILES string of the molecule is CC(C)Oc1ccc(/C=C2\SC(=O)N(Cc3ccc(I)cc3)C2=O)cc1. The molecule has 0 aromatic heterocycles. The molecule has 2 aromatic rings. The molecule has 0 radical (unpaired) electrons. The molecule has 1 saturated heterocycles. The summed E-state index contributed by atoms with van der Waals surface area (Å²) in [5.41, 5.74) is 1.80. The lowest BCUT2D eigenvalue weighted by Gasteiger charge is -2.12. The lowest BCUT2D eigenvalue weighted by atomic mass is 10.2. The normalized spacial score (nSPS) is 16.0. The summed E-state index contributed by atoms with van der Waals surface area (Å²) in [4.78, 5) is 26.6. The average Bonchev–Trinajstić information content (AvgIpc) is 2.85. The number of imide groups is 1. The van der Waals surface area contributed by atoms with Gasteiger partial charge < -0.3 is 4.74 Å². The van der Waals surface area contributed by atoms with E-state index in [4.69, 9.17) is 4.74 Å². The summed E-state index contributed by atoms with van der Waals surface area (Å²) in [5.74, 6) is 0.532. The number of benzene rings is 2. The Labute approximate surface area is 170 Å². The maximum absolute atomic E-state index is 12.6. The zero-order valence-electron chi connectivity index (χ0n) is 14.4. The monoisotopic (exact) mass is 479 g/mol. The zero-order valence-corrected chi connectivity index (χ0v) is 17.4. The number of carbonyl (C=O) groups is 2. The largest absolute Gasteiger partial charge is 0.491 e. The van der Waals surface area contributed by atoms with Crippen molar-refractivity contribution in [2.45, 2.75) is 26.5 Å². The van der Waals surface area contributed by atoms with Crippen molar-refractivity contribution in [2.75, 3.05) is 0 Å². The molecular weight excluding hydrogens is 461 g/mol. The molecule has 4 nitrogen and oxygen atoms in total. The smallest absolute Gasteiger partial charge is 0.293 e. The summed E-state index contributed by atoms with van der Waals surface area (Å²) in [6.45, 7) is 4.23. The van der Waals surface area contributed by atoms with E-state index in [0.717, 1.165) is 32.2 Å². The first-order chi connectivity index (χ1) is 12.4. The minimum absolute atomic E-state index is 0.110. The molecule has 1 heterocycles. The summed E-state index contributed by atoms with van der Waals surface area (Å²) >= 11 is 3.20. The maximum atomic E-state index is 12.6. The van der Waals surface area contributed by atoms with Crippen LogP contribution < -0.4 is 4.74 Å². The van der Waals surface area contributed by atoms with Gasteiger partial charge in [0, 0.05) is 3.57 Å². The van der Waals surface area contributed by atoms with Crippen molar-refractivity contribution in [3.8, 4) is 5.75 Å². The minimum Gasteiger partial charge on any atom is -0.491 e. The molecule has 0 unspecified atom stereocenters. The van der Waals surface area contributed by atoms with Gasteiger partial charge in [0.2, 0.25) is 0 Å². The fourth-order valence-corrected chi connectivity index (χ4v) is 3.67. The number of amides is 2. The van der Waals surface area contributed by atoms with Crippen molar-refractivity contribution < 1.29 is 14.3 Å². The predicted octanol–water partition coefficient (Wildman–Crippen LogP) is 5.31. The highest BCUT2D eigenvalue weighted by molar-refractivity contribution is 14.1. The molecule has 0 bridgehead atoms. The van der Waals surface area contributed by atoms with Crippen molar-refractivity contribution in [1.29, 1.82) is 0 Å². The Kier molecular flexibility index (Phi) is 6.03. The Balaban J connectivity index is 1.73. The van der Waals surface area contributed by atoms with E-state index in [-0.39, 0.29) is 17.3 Å². The molecule has 0 N–H and O–H groups in total. The Morgan fingerprint density at radius 3 is 2.35 bits per heavy atom. The molecular formula is C20H18INO3S. The third-order valence-corrected chi connectivity index (χ3v) is 5.30. The number of thioether (sulfide) groups is 1. The van der Waals surface area contributed by atoms with Gasteiger partial charge in [0.05, 0.1) is 17.6 Å². The van der Waals surface area contributed by atoms with Crippen LogP contribution in [0.25, 0.3) is 6.08 Å². The first-order valence-electron chi connectivity index (χ1n) is 8.19. The average molecular weight is 479 g/mol. The molecule has 1 fully saturated rings. The van der Waals surface area contributed by atoms with Gasteiger partial charge in [-0.15, -0.1) is 0 Å². The van der Waals surface area contributed by atoms with Crippen LogP contribution in [0.5, 0.6) is 5.75 Å². The van der Waals surface area contributed by atoms with Gasteiger partial charge in [0.15, 0.2) is 0 Å². The summed E-state index contributed by atoms with van der Waals surface area (Å²) in [7, 11) is 0. The van der Waals surface area contributed by atoms with Gasteiger partial charge >= 0.3 is 0 Å². The summed E-state index contributed by atoms with van der Waals surface area (Å²) in [6, 6.07) is 15.3. The number of hydrogen-bond acceptors (Lipinski definition) is 4. The fourth-order valence-electron chi connectivity index (χ4n) is 2.47. The topological polar surface area (TPSA) is 46.6 Å². The van der Waals surface area contributed by atoms with Crippen LogP contribution in [0.15, 0.2) is 53.4 Å². The maximum Gasteiger partial charge on any atom is 0.293 e. The van der Waals surface area contributed by atoms with Crippen LogP contribution >= 0.6 is 34.4 Å². The van der Waals surface area contributed by atoms with Gasteiger partial charge in [-0.05, 0) is 89.7 Å². The fraction of sp³-hybridized carbons (Fsp3) is 0.200. The first-order valence-corrected chi connectivity index (χ1v) is 10.1. The Bertz CT molecular complexity index is 844. The zero-order chi connectivity index (χ0) is 18.7. The van der Waals surface area contributed by atoms with Crippen LogP contribution in [0, 0.1) is 3.57 Å². The minimum atomic E-state index is -0.249. The quantitative estimate of drug-likeness (QED) is 0.431. The third-order valence-electron chi connectivity index (χ3n) is 3.68. The van der Waals surface area contributed by atoms with E-state index in [1.54, 1.807) is 6.08 Å². The molecule has 2 amide bonds. The first kappa shape index (κ1) is 19.0. The van der Waals surface area contributed by atoms with Gasteiger partial charge in [-0.3, -0.25) is 14.5 Å². The highest BCUT2D eigenvalue weighted by atomic mass is 127. The van der Waals surface area contributed by atoms with Crippen LogP contribution in [-0.4, -0.2) is 22.2 Å². The van der Waals surface area contributed by atoms with E-state index in [0.29, 0.717) is 11.4 Å². The second-order valence-corrected chi connectivity index (χ2v) is 8.37. The highest BCUT2D eigenvalue weighted by Gasteiger charge is 2.34. The molecule has 134 valence electrons. The van der Waals surface area contributed by atoms with Crippen molar-refractivity contribution >= 4 is 51.6 Å². The van der Waals surface area contributed by atoms with E-state index < -0.39 is 0 Å². The number of hydrogen-bond donors (Lipinski definition) is 0. The van der Waals surface area contributed by atoms with Crippen LogP contribution in [0.2, 0.25) is 0 Å². The summed E-state index contributed by atoms with van der Waals surface area (Å²) in [6.07, 6.45) is 1.86. The van der Waals surface area contributed by atoms with E-state index >= 15 is 0 Å². The standard InChI is InChI=1S/C20H18INO3S/c1-13(2)25-17-9-5-14(6-10-17)11-18-19(23)22(20(24)26-18)12-15-3-7-16(21)8-4-15/h3-11,13H,12H2,1-2H3/b18-11-. The Morgan fingerprint density at radius 2 is 1.73 bits per heavy atom. The molecule has 26 heavy (non-hydrogen) atoms. The van der Waals surface area contributed by atoms with Gasteiger partial charge in [-0.2, -0.15) is 0 Å². The van der Waals surface area contributed by atoms with E-state index in [2.05, 4.69) is 22.6 Å². The molecule has 0 saturated carbocycles. The van der Waals surface area contributed by atoms with Crippen molar-refractivity contribution in [1.82, 2.24) is 4.90 Å². The predicted molar refractivity (Wildman–Crippen MR) is 113 cm³/mol. The number of carbonyl (C=O) groups excluding carboxylic acids is 2. The number of ether oxygens (including phenoxy) is 1. The lowest BCUT2D eigenvalue weighted by molar-refractivity contribution is -0.123. The van der Waals surface area contributed by atoms with Crippen molar-refractivity contribution in [3.63, 3.8) is 0 Å². The van der Waals surface area contributed by atoms with E-state index in [9.17, 15) is 9.59 Å². The van der Waals surface area contributed by atoms with E-state index in [1.165, 1.54) is 4.90 Å². The summed E-state index contributed by atoms with van der Waals surface area (Å²) < 4.78 is 6.73. The number of nitrogens with zero attached hydrogens (tertiary/aromatic N) is 1. The molecule has 0 atom stereocenters. The third kappa shape index (κ3) is 4.67. The molecule has 1 aliphatic heterocycles. The number of halogens is 1. The van der Waals surface area contributed by atoms with Crippen molar-refractivity contribution in [3.05, 3.63) is 68.1 Å². The Morgan fingerprint density at radius 1 is 1.08 bits per heavy atom. The molecule has 1 aliphatic rings. The number of rotatable bonds is 5. The molecule has 0 spiro atoms. The second kappa shape index (κ2) is 8.26. The Hall–Kier alpha value is -1.80. The molecule has 6 heteroatoms. The molecule has 3 rings (SSSR count). The van der Waals surface area contributed by atoms with Crippen molar-refractivity contribution in [2.24, 2.45) is 0 Å².